The lowest BCUT2D eigenvalue weighted by molar-refractivity contribution is 0.324. The van der Waals surface area contributed by atoms with Gasteiger partial charge >= 0.3 is 0 Å². The normalized spacial score (nSPS) is 10.4. The van der Waals surface area contributed by atoms with E-state index in [1.807, 2.05) is 0 Å². The van der Waals surface area contributed by atoms with E-state index in [-0.39, 0.29) is 27.7 Å². The highest BCUT2D eigenvalue weighted by Gasteiger charge is 2.14. The number of nitrogens with one attached hydrogen (secondary N) is 2. The molecule has 9 nitrogen and oxygen atoms in total. The van der Waals surface area contributed by atoms with E-state index in [1.54, 1.807) is 12.1 Å². The number of halogens is 2. The van der Waals surface area contributed by atoms with Crippen molar-refractivity contribution in [2.75, 3.05) is 32.0 Å². The molecule has 1 aromatic heterocycles. The molecule has 0 bridgehead atoms. The summed E-state index contributed by atoms with van der Waals surface area (Å²) in [6.45, 7) is 0. The van der Waals surface area contributed by atoms with E-state index in [1.165, 1.54) is 39.8 Å². The van der Waals surface area contributed by atoms with Crippen LogP contribution in [0, 0.1) is 0 Å². The summed E-state index contributed by atoms with van der Waals surface area (Å²) in [5.41, 5.74) is 1.12. The standard InChI is InChI=1S/C18H17Cl2N5O4/c1-27-13-6-10(7-14(28-2)16(13)29-3)24-18-22-8-21-17(25-18)23-9-4-11(19)15(26)12(20)5-9/h4-8,26H,1-3H3,(H2,21,22,23,24,25). The van der Waals surface area contributed by atoms with Crippen LogP contribution < -0.4 is 24.8 Å². The molecule has 0 fully saturated rings. The Morgan fingerprint density at radius 3 is 1.72 bits per heavy atom. The van der Waals surface area contributed by atoms with Gasteiger partial charge in [-0.3, -0.25) is 0 Å². The van der Waals surface area contributed by atoms with Crippen LogP contribution in [0.3, 0.4) is 0 Å². The molecule has 0 amide bonds. The monoisotopic (exact) mass is 437 g/mol. The Hall–Kier alpha value is -3.17. The van der Waals surface area contributed by atoms with Crippen molar-refractivity contribution in [3.05, 3.63) is 40.6 Å². The fraction of sp³-hybridized carbons (Fsp3) is 0.167. The Labute approximate surface area is 176 Å². The van der Waals surface area contributed by atoms with Crippen molar-refractivity contribution in [1.29, 1.82) is 0 Å². The third-order valence-corrected chi connectivity index (χ3v) is 4.34. The van der Waals surface area contributed by atoms with Crippen molar-refractivity contribution in [2.45, 2.75) is 0 Å². The zero-order valence-corrected chi connectivity index (χ0v) is 17.2. The molecule has 0 spiro atoms. The molecule has 3 aromatic rings. The molecule has 152 valence electrons. The highest BCUT2D eigenvalue weighted by Crippen LogP contribution is 2.40. The van der Waals surface area contributed by atoms with Crippen LogP contribution >= 0.6 is 23.2 Å². The van der Waals surface area contributed by atoms with Gasteiger partial charge in [0.25, 0.3) is 0 Å². The second-order valence-corrected chi connectivity index (χ2v) is 6.40. The number of aromatic nitrogens is 3. The van der Waals surface area contributed by atoms with Gasteiger partial charge in [0.15, 0.2) is 17.2 Å². The van der Waals surface area contributed by atoms with Gasteiger partial charge in [0.05, 0.1) is 31.4 Å². The SMILES string of the molecule is COc1cc(Nc2ncnc(Nc3cc(Cl)c(O)c(Cl)c3)n2)cc(OC)c1OC. The van der Waals surface area contributed by atoms with Gasteiger partial charge < -0.3 is 30.0 Å². The maximum absolute atomic E-state index is 9.66. The van der Waals surface area contributed by atoms with Crippen molar-refractivity contribution in [1.82, 2.24) is 15.0 Å². The molecule has 0 saturated carbocycles. The molecule has 2 aromatic carbocycles. The third kappa shape index (κ3) is 4.64. The number of hydrogen-bond donors (Lipinski definition) is 3. The summed E-state index contributed by atoms with van der Waals surface area (Å²) in [6, 6.07) is 6.44. The Balaban J connectivity index is 1.85. The van der Waals surface area contributed by atoms with Crippen molar-refractivity contribution < 1.29 is 19.3 Å². The Morgan fingerprint density at radius 1 is 0.793 bits per heavy atom. The summed E-state index contributed by atoms with van der Waals surface area (Å²) < 4.78 is 16.0. The smallest absolute Gasteiger partial charge is 0.232 e. The number of benzene rings is 2. The summed E-state index contributed by atoms with van der Waals surface area (Å²) in [6.07, 6.45) is 1.33. The number of aromatic hydroxyl groups is 1. The van der Waals surface area contributed by atoms with Crippen LogP contribution in [0.5, 0.6) is 23.0 Å². The highest BCUT2D eigenvalue weighted by molar-refractivity contribution is 6.37. The minimum absolute atomic E-state index is 0.102. The molecule has 0 aliphatic heterocycles. The molecule has 29 heavy (non-hydrogen) atoms. The third-order valence-electron chi connectivity index (χ3n) is 3.77. The van der Waals surface area contributed by atoms with E-state index in [0.717, 1.165) is 0 Å². The number of ether oxygens (including phenoxy) is 3. The molecule has 0 aliphatic carbocycles. The van der Waals surface area contributed by atoms with E-state index in [4.69, 9.17) is 37.4 Å². The number of phenolic OH excluding ortho intramolecular Hbond substituents is 1. The second-order valence-electron chi connectivity index (χ2n) is 5.59. The van der Waals surface area contributed by atoms with Crippen LogP contribution in [0.2, 0.25) is 10.0 Å². The van der Waals surface area contributed by atoms with Crippen molar-refractivity contribution in [3.63, 3.8) is 0 Å². The summed E-state index contributed by atoms with van der Waals surface area (Å²) in [7, 11) is 4.58. The topological polar surface area (TPSA) is 111 Å². The number of rotatable bonds is 7. The first-order valence-electron chi connectivity index (χ1n) is 8.16. The maximum atomic E-state index is 9.66. The first-order chi connectivity index (χ1) is 13.9. The first-order valence-corrected chi connectivity index (χ1v) is 8.91. The second kappa shape index (κ2) is 8.89. The highest BCUT2D eigenvalue weighted by atomic mass is 35.5. The largest absolute Gasteiger partial charge is 0.505 e. The van der Waals surface area contributed by atoms with E-state index in [0.29, 0.717) is 28.6 Å². The van der Waals surface area contributed by atoms with Crippen LogP contribution in [0.25, 0.3) is 0 Å². The van der Waals surface area contributed by atoms with Crippen LogP contribution in [0.4, 0.5) is 23.3 Å². The molecule has 11 heteroatoms. The molecule has 3 rings (SSSR count). The number of nitrogens with zero attached hydrogens (tertiary/aromatic N) is 3. The maximum Gasteiger partial charge on any atom is 0.232 e. The van der Waals surface area contributed by atoms with Gasteiger partial charge in [-0.1, -0.05) is 23.2 Å². The molecule has 0 unspecified atom stereocenters. The summed E-state index contributed by atoms with van der Waals surface area (Å²) in [4.78, 5) is 12.5. The van der Waals surface area contributed by atoms with Crippen molar-refractivity contribution in [2.24, 2.45) is 0 Å². The molecular formula is C18H17Cl2N5O4. The molecule has 0 atom stereocenters. The van der Waals surface area contributed by atoms with Gasteiger partial charge in [0.2, 0.25) is 17.6 Å². The fourth-order valence-electron chi connectivity index (χ4n) is 2.47. The van der Waals surface area contributed by atoms with Crippen molar-refractivity contribution >= 4 is 46.5 Å². The van der Waals surface area contributed by atoms with Crippen LogP contribution in [0.1, 0.15) is 0 Å². The molecular weight excluding hydrogens is 421 g/mol. The van der Waals surface area contributed by atoms with Gasteiger partial charge in [0.1, 0.15) is 6.33 Å². The average molecular weight is 438 g/mol. The van der Waals surface area contributed by atoms with Gasteiger partial charge in [-0.15, -0.1) is 0 Å². The van der Waals surface area contributed by atoms with Gasteiger partial charge in [-0.2, -0.15) is 4.98 Å². The van der Waals surface area contributed by atoms with Gasteiger partial charge in [0, 0.05) is 23.5 Å². The Morgan fingerprint density at radius 2 is 1.28 bits per heavy atom. The number of anilines is 4. The zero-order chi connectivity index (χ0) is 21.0. The minimum atomic E-state index is -0.195. The van der Waals surface area contributed by atoms with E-state index < -0.39 is 0 Å². The number of phenols is 1. The summed E-state index contributed by atoms with van der Waals surface area (Å²) in [5.74, 6) is 1.75. The lowest BCUT2D eigenvalue weighted by atomic mass is 10.2. The van der Waals surface area contributed by atoms with Crippen LogP contribution in [-0.2, 0) is 0 Å². The number of hydrogen-bond acceptors (Lipinski definition) is 9. The average Bonchev–Trinajstić information content (AvgIpc) is 2.71. The molecule has 3 N–H and O–H groups in total. The number of methoxy groups -OCH3 is 3. The molecule has 0 radical (unpaired) electrons. The van der Waals surface area contributed by atoms with Crippen LogP contribution in [-0.4, -0.2) is 41.4 Å². The predicted octanol–water partition coefficient (Wildman–Crippen LogP) is 4.40. The Kier molecular flexibility index (Phi) is 6.30. The van der Waals surface area contributed by atoms with E-state index in [9.17, 15) is 5.11 Å². The lowest BCUT2D eigenvalue weighted by Gasteiger charge is -2.14. The molecule has 0 saturated heterocycles. The van der Waals surface area contributed by atoms with Crippen molar-refractivity contribution in [3.8, 4) is 23.0 Å². The Bertz CT molecular complexity index is 987. The molecule has 1 heterocycles. The van der Waals surface area contributed by atoms with Gasteiger partial charge in [-0.25, -0.2) is 9.97 Å². The van der Waals surface area contributed by atoms with E-state index >= 15 is 0 Å². The predicted molar refractivity (Wildman–Crippen MR) is 111 cm³/mol. The quantitative estimate of drug-likeness (QED) is 0.463. The van der Waals surface area contributed by atoms with Gasteiger partial charge in [-0.05, 0) is 12.1 Å². The lowest BCUT2D eigenvalue weighted by Crippen LogP contribution is -2.03. The fourth-order valence-corrected chi connectivity index (χ4v) is 2.95. The molecule has 0 aliphatic rings. The van der Waals surface area contributed by atoms with Crippen LogP contribution in [0.15, 0.2) is 30.6 Å². The minimum Gasteiger partial charge on any atom is -0.505 e. The zero-order valence-electron chi connectivity index (χ0n) is 15.7. The van der Waals surface area contributed by atoms with E-state index in [2.05, 4.69) is 25.6 Å². The summed E-state index contributed by atoms with van der Waals surface area (Å²) >= 11 is 11.9. The summed E-state index contributed by atoms with van der Waals surface area (Å²) in [5, 5.41) is 15.9. The first kappa shape index (κ1) is 20.6.